The van der Waals surface area contributed by atoms with E-state index in [-0.39, 0.29) is 23.8 Å². The minimum Gasteiger partial charge on any atom is -0.369 e. The first-order chi connectivity index (χ1) is 9.29. The third-order valence-corrected chi connectivity index (χ3v) is 4.70. The lowest BCUT2D eigenvalue weighted by atomic mass is 9.93. The zero-order valence-electron chi connectivity index (χ0n) is 11.3. The van der Waals surface area contributed by atoms with E-state index in [1.807, 2.05) is 0 Å². The number of ether oxygens (including phenoxy) is 5. The normalized spacial score (nSPS) is 40.4. The first-order valence-corrected chi connectivity index (χ1v) is 7.51. The van der Waals surface area contributed by atoms with E-state index in [1.165, 1.54) is 0 Å². The molecule has 0 unspecified atom stereocenters. The van der Waals surface area contributed by atoms with Crippen LogP contribution in [0.2, 0.25) is 0 Å². The van der Waals surface area contributed by atoms with Crippen molar-refractivity contribution in [3.8, 4) is 0 Å². The summed E-state index contributed by atoms with van der Waals surface area (Å²) in [5, 5.41) is 0. The predicted octanol–water partition coefficient (Wildman–Crippen LogP) is 1.59. The van der Waals surface area contributed by atoms with Gasteiger partial charge in [0, 0.05) is 25.7 Å². The largest absolute Gasteiger partial charge is 0.369 e. The molecule has 0 radical (unpaired) electrons. The van der Waals surface area contributed by atoms with Gasteiger partial charge >= 0.3 is 0 Å². The molecular formula is C14H22O5. The van der Waals surface area contributed by atoms with Gasteiger partial charge in [0.05, 0.1) is 38.6 Å². The molecule has 5 heteroatoms. The average molecular weight is 270 g/mol. The van der Waals surface area contributed by atoms with Gasteiger partial charge in [-0.3, -0.25) is 0 Å². The second kappa shape index (κ2) is 4.67. The Morgan fingerprint density at radius 3 is 1.47 bits per heavy atom. The smallest absolute Gasteiger partial charge is 0.171 e. The van der Waals surface area contributed by atoms with Crippen LogP contribution in [0.5, 0.6) is 0 Å². The minimum atomic E-state index is -0.374. The molecule has 2 atom stereocenters. The molecule has 4 fully saturated rings. The van der Waals surface area contributed by atoms with Crippen LogP contribution >= 0.6 is 0 Å². The summed E-state index contributed by atoms with van der Waals surface area (Å²) in [4.78, 5) is 0. The Balaban J connectivity index is 1.46. The Kier molecular flexibility index (Phi) is 3.08. The zero-order valence-corrected chi connectivity index (χ0v) is 11.3. The second-order valence-electron chi connectivity index (χ2n) is 6.04. The van der Waals surface area contributed by atoms with Crippen LogP contribution in [0.1, 0.15) is 38.5 Å². The molecule has 3 heterocycles. The lowest BCUT2D eigenvalue weighted by Gasteiger charge is -2.31. The summed E-state index contributed by atoms with van der Waals surface area (Å²) in [5.74, 6) is -0.747. The quantitative estimate of drug-likeness (QED) is 0.626. The molecule has 0 aromatic rings. The first kappa shape index (κ1) is 12.5. The Labute approximate surface area is 113 Å². The van der Waals surface area contributed by atoms with Crippen LogP contribution in [-0.4, -0.2) is 50.2 Å². The van der Waals surface area contributed by atoms with E-state index in [2.05, 4.69) is 0 Å². The van der Waals surface area contributed by atoms with Gasteiger partial charge in [0.25, 0.3) is 0 Å². The summed E-state index contributed by atoms with van der Waals surface area (Å²) in [5.41, 5.74) is 0. The summed E-state index contributed by atoms with van der Waals surface area (Å²) in [6, 6.07) is 0. The molecule has 4 rings (SSSR count). The lowest BCUT2D eigenvalue weighted by molar-refractivity contribution is -0.182. The number of epoxide rings is 1. The van der Waals surface area contributed by atoms with Crippen molar-refractivity contribution in [3.05, 3.63) is 0 Å². The highest BCUT2D eigenvalue weighted by Crippen LogP contribution is 2.44. The number of hydrogen-bond acceptors (Lipinski definition) is 5. The second-order valence-corrected chi connectivity index (χ2v) is 6.04. The van der Waals surface area contributed by atoms with Gasteiger partial charge in [-0.05, 0) is 12.8 Å². The van der Waals surface area contributed by atoms with Crippen molar-refractivity contribution in [3.63, 3.8) is 0 Å². The SMILES string of the molecule is C1CCC2(C[C@H]3O[C@H]3CC3(C1)OCCO3)OCCO2. The average Bonchev–Trinajstić information content (AvgIpc) is 2.82. The summed E-state index contributed by atoms with van der Waals surface area (Å²) < 4.78 is 29.3. The monoisotopic (exact) mass is 270 g/mol. The van der Waals surface area contributed by atoms with Crippen LogP contribution in [0.25, 0.3) is 0 Å². The Morgan fingerprint density at radius 1 is 0.632 bits per heavy atom. The standard InChI is InChI=1S/C14H22O5/c1-2-4-14(17-7-8-18-14)10-12-11(19-12)9-13(3-1)15-5-6-16-13/h11-12H,1-10H2/t11-,12+. The molecule has 0 amide bonds. The molecule has 0 N–H and O–H groups in total. The van der Waals surface area contributed by atoms with Crippen LogP contribution in [0, 0.1) is 0 Å². The highest BCUT2D eigenvalue weighted by atomic mass is 16.7. The van der Waals surface area contributed by atoms with Gasteiger partial charge in [-0.2, -0.15) is 0 Å². The Morgan fingerprint density at radius 2 is 1.05 bits per heavy atom. The van der Waals surface area contributed by atoms with Crippen molar-refractivity contribution in [1.82, 2.24) is 0 Å². The maximum atomic E-state index is 5.86. The van der Waals surface area contributed by atoms with Crippen LogP contribution in [-0.2, 0) is 23.7 Å². The molecule has 0 aromatic carbocycles. The van der Waals surface area contributed by atoms with E-state index in [4.69, 9.17) is 23.7 Å². The van der Waals surface area contributed by atoms with Gasteiger partial charge in [-0.25, -0.2) is 0 Å². The Hall–Kier alpha value is -0.200. The summed E-state index contributed by atoms with van der Waals surface area (Å²) in [7, 11) is 0. The maximum absolute atomic E-state index is 5.86. The molecule has 19 heavy (non-hydrogen) atoms. The van der Waals surface area contributed by atoms with Crippen LogP contribution in [0.3, 0.4) is 0 Å². The Bertz CT molecular complexity index is 301. The van der Waals surface area contributed by atoms with E-state index in [0.29, 0.717) is 26.4 Å². The van der Waals surface area contributed by atoms with Crippen molar-refractivity contribution in [2.24, 2.45) is 0 Å². The lowest BCUT2D eigenvalue weighted by Crippen LogP contribution is -2.36. The topological polar surface area (TPSA) is 49.5 Å². The molecule has 3 aliphatic heterocycles. The van der Waals surface area contributed by atoms with E-state index < -0.39 is 0 Å². The predicted molar refractivity (Wildman–Crippen MR) is 65.6 cm³/mol. The van der Waals surface area contributed by atoms with Crippen LogP contribution in [0.15, 0.2) is 0 Å². The molecule has 4 aliphatic rings. The zero-order chi connectivity index (χ0) is 12.8. The third-order valence-electron chi connectivity index (χ3n) is 4.70. The molecule has 0 aromatic heterocycles. The van der Waals surface area contributed by atoms with E-state index in [1.54, 1.807) is 0 Å². The van der Waals surface area contributed by atoms with Gasteiger partial charge in [-0.15, -0.1) is 0 Å². The summed E-state index contributed by atoms with van der Waals surface area (Å²) in [6.45, 7) is 2.86. The van der Waals surface area contributed by atoms with Gasteiger partial charge in [0.2, 0.25) is 0 Å². The van der Waals surface area contributed by atoms with Gasteiger partial charge in [0.1, 0.15) is 0 Å². The van der Waals surface area contributed by atoms with Crippen LogP contribution in [0.4, 0.5) is 0 Å². The fraction of sp³-hybridized carbons (Fsp3) is 1.00. The van der Waals surface area contributed by atoms with Gasteiger partial charge < -0.3 is 23.7 Å². The summed E-state index contributed by atoms with van der Waals surface area (Å²) >= 11 is 0. The van der Waals surface area contributed by atoms with Crippen molar-refractivity contribution < 1.29 is 23.7 Å². The molecule has 108 valence electrons. The number of fused-ring (bicyclic) bond motifs is 1. The highest BCUT2D eigenvalue weighted by Gasteiger charge is 2.53. The fourth-order valence-corrected chi connectivity index (χ4v) is 3.66. The molecule has 5 nitrogen and oxygen atoms in total. The molecular weight excluding hydrogens is 248 g/mol. The molecule has 3 saturated heterocycles. The van der Waals surface area contributed by atoms with Crippen molar-refractivity contribution in [1.29, 1.82) is 0 Å². The van der Waals surface area contributed by atoms with Gasteiger partial charge in [0.15, 0.2) is 11.6 Å². The molecule has 2 spiro atoms. The highest BCUT2D eigenvalue weighted by molar-refractivity contribution is 4.96. The van der Waals surface area contributed by atoms with Crippen LogP contribution < -0.4 is 0 Å². The van der Waals surface area contributed by atoms with E-state index in [0.717, 1.165) is 38.5 Å². The van der Waals surface area contributed by atoms with E-state index in [9.17, 15) is 0 Å². The van der Waals surface area contributed by atoms with Crippen molar-refractivity contribution in [2.75, 3.05) is 26.4 Å². The van der Waals surface area contributed by atoms with E-state index >= 15 is 0 Å². The summed E-state index contributed by atoms with van der Waals surface area (Å²) in [6.07, 6.45) is 6.30. The van der Waals surface area contributed by atoms with Crippen molar-refractivity contribution >= 4 is 0 Å². The third kappa shape index (κ3) is 2.43. The van der Waals surface area contributed by atoms with Crippen molar-refractivity contribution in [2.45, 2.75) is 62.3 Å². The molecule has 0 bridgehead atoms. The maximum Gasteiger partial charge on any atom is 0.171 e. The first-order valence-electron chi connectivity index (χ1n) is 7.51. The molecule has 1 aliphatic carbocycles. The number of hydrogen-bond donors (Lipinski definition) is 0. The molecule has 1 saturated carbocycles. The van der Waals surface area contributed by atoms with Gasteiger partial charge in [-0.1, -0.05) is 0 Å². The fourth-order valence-electron chi connectivity index (χ4n) is 3.66. The number of rotatable bonds is 0. The minimum absolute atomic E-state index is 0.251.